The zero-order valence-electron chi connectivity index (χ0n) is 24.8. The molecule has 2 aromatic heterocycles. The molecule has 3 saturated heterocycles. The van der Waals surface area contributed by atoms with Crippen molar-refractivity contribution in [1.29, 1.82) is 0 Å². The minimum Gasteiger partial charge on any atom is -0.493 e. The number of hydrogen-bond acceptors (Lipinski definition) is 8. The summed E-state index contributed by atoms with van der Waals surface area (Å²) >= 11 is 0. The molecule has 4 atom stereocenters. The minimum atomic E-state index is -0.822. The molecular weight excluding hydrogens is 530 g/mol. The number of likely N-dealkylation sites (tertiary alicyclic amines) is 1. The molecule has 0 unspecified atom stereocenters. The van der Waals surface area contributed by atoms with Crippen LogP contribution in [0.2, 0.25) is 0 Å². The van der Waals surface area contributed by atoms with Crippen molar-refractivity contribution < 1.29 is 19.0 Å². The molecular formula is C33H41N5O4. The average Bonchev–Trinajstić information content (AvgIpc) is 3.66. The van der Waals surface area contributed by atoms with Gasteiger partial charge in [-0.15, -0.1) is 0 Å². The number of aromatic nitrogens is 2. The largest absolute Gasteiger partial charge is 0.493 e. The maximum absolute atomic E-state index is 14.3. The topological polar surface area (TPSA) is 89.1 Å². The second-order valence-electron chi connectivity index (χ2n) is 12.9. The van der Waals surface area contributed by atoms with Crippen LogP contribution >= 0.6 is 0 Å². The van der Waals surface area contributed by atoms with E-state index in [1.54, 1.807) is 25.4 Å². The SMILES string of the molecule is COc1cc(C(=O)N(Cc2ccc3cccnc3n2)C[C@@H]2CCCN2C[C@H]2C[C@H]3CC[C@@H](C2)N3)cc2c1OC(C)(C)O2. The third-order valence-corrected chi connectivity index (χ3v) is 9.35. The van der Waals surface area contributed by atoms with Gasteiger partial charge in [-0.1, -0.05) is 0 Å². The normalized spacial score (nSPS) is 26.1. The number of nitrogens with zero attached hydrogens (tertiary/aromatic N) is 4. The first-order valence-electron chi connectivity index (χ1n) is 15.4. The van der Waals surface area contributed by atoms with Gasteiger partial charge in [-0.25, -0.2) is 9.97 Å². The van der Waals surface area contributed by atoms with Crippen molar-refractivity contribution in [2.75, 3.05) is 26.7 Å². The molecule has 2 bridgehead atoms. The van der Waals surface area contributed by atoms with Crippen LogP contribution in [0.1, 0.15) is 68.4 Å². The third-order valence-electron chi connectivity index (χ3n) is 9.35. The van der Waals surface area contributed by atoms with E-state index >= 15 is 0 Å². The first kappa shape index (κ1) is 27.4. The number of rotatable bonds is 8. The molecule has 9 nitrogen and oxygen atoms in total. The fraction of sp³-hybridized carbons (Fsp3) is 0.545. The van der Waals surface area contributed by atoms with Gasteiger partial charge in [-0.3, -0.25) is 9.69 Å². The predicted octanol–water partition coefficient (Wildman–Crippen LogP) is 4.78. The summed E-state index contributed by atoms with van der Waals surface area (Å²) in [6.45, 7) is 6.95. The molecule has 222 valence electrons. The Hall–Kier alpha value is -3.43. The molecule has 6 heterocycles. The monoisotopic (exact) mass is 571 g/mol. The van der Waals surface area contributed by atoms with E-state index < -0.39 is 5.79 Å². The highest BCUT2D eigenvalue weighted by Gasteiger charge is 2.38. The lowest BCUT2D eigenvalue weighted by molar-refractivity contribution is -0.0439. The molecule has 9 heteroatoms. The first-order valence-corrected chi connectivity index (χ1v) is 15.4. The third kappa shape index (κ3) is 5.52. The number of hydrogen-bond donors (Lipinski definition) is 1. The van der Waals surface area contributed by atoms with Gasteiger partial charge in [-0.05, 0) is 87.4 Å². The number of nitrogens with one attached hydrogen (secondary N) is 1. The standard InChI is InChI=1S/C33H41N5O4/c1-33(2)41-29-17-23(16-28(40-3)30(29)42-33)32(39)38(19-26-9-8-22-6-4-12-34-31(22)36-26)20-27-7-5-13-37(27)18-21-14-24-10-11-25(15-21)35-24/h4,6,8-9,12,16-17,21,24-25,27,35H,5,7,10-11,13-15,18-20H2,1-3H3/t21-,24+,25-,27-/m0/s1. The van der Waals surface area contributed by atoms with Crippen LogP contribution in [-0.2, 0) is 6.54 Å². The smallest absolute Gasteiger partial charge is 0.254 e. The number of fused-ring (bicyclic) bond motifs is 4. The Balaban J connectivity index is 1.16. The summed E-state index contributed by atoms with van der Waals surface area (Å²) in [6, 6.07) is 13.2. The highest BCUT2D eigenvalue weighted by molar-refractivity contribution is 5.95. The zero-order chi connectivity index (χ0) is 28.8. The maximum atomic E-state index is 14.3. The summed E-state index contributed by atoms with van der Waals surface area (Å²) in [6.07, 6.45) is 9.18. The minimum absolute atomic E-state index is 0.0703. The van der Waals surface area contributed by atoms with E-state index in [0.29, 0.717) is 59.7 Å². The summed E-state index contributed by atoms with van der Waals surface area (Å²) in [5.41, 5.74) is 2.03. The van der Waals surface area contributed by atoms with E-state index in [4.69, 9.17) is 19.2 Å². The molecule has 0 spiro atoms. The van der Waals surface area contributed by atoms with E-state index in [9.17, 15) is 4.79 Å². The van der Waals surface area contributed by atoms with Crippen LogP contribution in [0.3, 0.4) is 0 Å². The van der Waals surface area contributed by atoms with Crippen LogP contribution in [0.15, 0.2) is 42.6 Å². The van der Waals surface area contributed by atoms with Gasteiger partial charge in [0.05, 0.1) is 19.3 Å². The lowest BCUT2D eigenvalue weighted by Crippen LogP contribution is -2.47. The van der Waals surface area contributed by atoms with Crippen LogP contribution < -0.4 is 19.5 Å². The zero-order valence-corrected chi connectivity index (χ0v) is 24.8. The van der Waals surface area contributed by atoms with E-state index in [1.807, 2.05) is 43.0 Å². The summed E-state index contributed by atoms with van der Waals surface area (Å²) in [7, 11) is 1.59. The Morgan fingerprint density at radius 2 is 1.98 bits per heavy atom. The van der Waals surface area contributed by atoms with E-state index in [1.165, 1.54) is 25.7 Å². The van der Waals surface area contributed by atoms with E-state index in [2.05, 4.69) is 15.2 Å². The van der Waals surface area contributed by atoms with E-state index in [0.717, 1.165) is 42.9 Å². The van der Waals surface area contributed by atoms with Crippen LogP contribution in [0, 0.1) is 5.92 Å². The molecule has 0 radical (unpaired) electrons. The lowest BCUT2D eigenvalue weighted by atomic mass is 9.92. The van der Waals surface area contributed by atoms with Crippen LogP contribution in [0.25, 0.3) is 11.0 Å². The van der Waals surface area contributed by atoms with Gasteiger partial charge < -0.3 is 24.4 Å². The second-order valence-corrected chi connectivity index (χ2v) is 12.9. The molecule has 4 aliphatic heterocycles. The summed E-state index contributed by atoms with van der Waals surface area (Å²) in [5, 5.41) is 4.77. The van der Waals surface area contributed by atoms with Crippen molar-refractivity contribution >= 4 is 16.9 Å². The van der Waals surface area contributed by atoms with Crippen LogP contribution in [0.4, 0.5) is 0 Å². The molecule has 7 rings (SSSR count). The number of benzene rings is 1. The Kier molecular flexibility index (Phi) is 7.18. The van der Waals surface area contributed by atoms with Gasteiger partial charge in [-0.2, -0.15) is 0 Å². The molecule has 0 saturated carbocycles. The van der Waals surface area contributed by atoms with Crippen molar-refractivity contribution in [2.24, 2.45) is 5.92 Å². The molecule has 3 fully saturated rings. The van der Waals surface area contributed by atoms with Gasteiger partial charge in [0.1, 0.15) is 0 Å². The number of ether oxygens (including phenoxy) is 3. The van der Waals surface area contributed by atoms with Gasteiger partial charge >= 0.3 is 0 Å². The number of piperidine rings is 1. The number of carbonyl (C=O) groups excluding carboxylic acids is 1. The number of pyridine rings is 2. The van der Waals surface area contributed by atoms with Crippen LogP contribution in [0.5, 0.6) is 17.2 Å². The Morgan fingerprint density at radius 1 is 1.14 bits per heavy atom. The molecule has 1 amide bonds. The van der Waals surface area contributed by atoms with Crippen molar-refractivity contribution in [3.63, 3.8) is 0 Å². The molecule has 0 aliphatic carbocycles. The van der Waals surface area contributed by atoms with Gasteiger partial charge in [0.25, 0.3) is 5.91 Å². The molecule has 42 heavy (non-hydrogen) atoms. The molecule has 4 aliphatic rings. The van der Waals surface area contributed by atoms with Crippen molar-refractivity contribution in [1.82, 2.24) is 25.1 Å². The van der Waals surface area contributed by atoms with Gasteiger partial charge in [0, 0.05) is 62.2 Å². The molecule has 1 N–H and O–H groups in total. The van der Waals surface area contributed by atoms with E-state index in [-0.39, 0.29) is 5.91 Å². The highest BCUT2D eigenvalue weighted by atomic mass is 16.7. The molecule has 3 aromatic rings. The first-order chi connectivity index (χ1) is 20.3. The van der Waals surface area contributed by atoms with Gasteiger partial charge in [0.2, 0.25) is 11.5 Å². The fourth-order valence-electron chi connectivity index (χ4n) is 7.49. The van der Waals surface area contributed by atoms with Crippen molar-refractivity contribution in [3.05, 3.63) is 53.9 Å². The number of carbonyl (C=O) groups is 1. The Bertz CT molecular complexity index is 1470. The Labute approximate surface area is 247 Å². The van der Waals surface area contributed by atoms with Crippen molar-refractivity contribution in [2.45, 2.75) is 82.8 Å². The quantitative estimate of drug-likeness (QED) is 0.413. The Morgan fingerprint density at radius 3 is 2.79 bits per heavy atom. The maximum Gasteiger partial charge on any atom is 0.254 e. The summed E-state index contributed by atoms with van der Waals surface area (Å²) in [4.78, 5) is 28.2. The molecule has 1 aromatic carbocycles. The summed E-state index contributed by atoms with van der Waals surface area (Å²) in [5.74, 6) is 1.39. The average molecular weight is 572 g/mol. The number of methoxy groups -OCH3 is 1. The predicted molar refractivity (Wildman–Crippen MR) is 160 cm³/mol. The fourth-order valence-corrected chi connectivity index (χ4v) is 7.49. The lowest BCUT2D eigenvalue weighted by Gasteiger charge is -2.36. The van der Waals surface area contributed by atoms with Crippen molar-refractivity contribution in [3.8, 4) is 17.2 Å². The van der Waals surface area contributed by atoms with Gasteiger partial charge in [0.15, 0.2) is 17.1 Å². The number of amides is 1. The second kappa shape index (κ2) is 11.0. The van der Waals surface area contributed by atoms with Crippen LogP contribution in [-0.4, -0.2) is 76.3 Å². The summed E-state index contributed by atoms with van der Waals surface area (Å²) < 4.78 is 17.6. The highest BCUT2D eigenvalue weighted by Crippen LogP contribution is 2.47.